The van der Waals surface area contributed by atoms with Crippen LogP contribution in [0.5, 0.6) is 0 Å². The van der Waals surface area contributed by atoms with Crippen molar-refractivity contribution in [3.8, 4) is 0 Å². The first-order valence-electron chi connectivity index (χ1n) is 4.73. The van der Waals surface area contributed by atoms with E-state index in [1.165, 1.54) is 9.13 Å². The average molecular weight is 313 g/mol. The highest BCUT2D eigenvalue weighted by atomic mass is 127. The molecule has 0 saturated carbocycles. The van der Waals surface area contributed by atoms with Crippen molar-refractivity contribution in [2.24, 2.45) is 5.73 Å². The molecule has 1 aromatic heterocycles. The molecule has 4 heteroatoms. The fourth-order valence-corrected chi connectivity index (χ4v) is 1.76. The SMILES string of the molecule is NCc1cn(Cc2ccc(I)cc2)cn1. The minimum atomic E-state index is 0.500. The average Bonchev–Trinajstić information content (AvgIpc) is 2.69. The van der Waals surface area contributed by atoms with E-state index in [0.29, 0.717) is 6.54 Å². The molecule has 0 amide bonds. The summed E-state index contributed by atoms with van der Waals surface area (Å²) in [5.41, 5.74) is 7.71. The van der Waals surface area contributed by atoms with Gasteiger partial charge in [0.15, 0.2) is 0 Å². The van der Waals surface area contributed by atoms with E-state index in [2.05, 4.69) is 51.8 Å². The van der Waals surface area contributed by atoms with Crippen LogP contribution < -0.4 is 5.73 Å². The Balaban J connectivity index is 2.11. The van der Waals surface area contributed by atoms with Gasteiger partial charge in [-0.1, -0.05) is 12.1 Å². The van der Waals surface area contributed by atoms with E-state index in [9.17, 15) is 0 Å². The molecule has 78 valence electrons. The van der Waals surface area contributed by atoms with E-state index in [4.69, 9.17) is 5.73 Å². The zero-order valence-electron chi connectivity index (χ0n) is 8.23. The molecule has 0 bridgehead atoms. The van der Waals surface area contributed by atoms with Gasteiger partial charge >= 0.3 is 0 Å². The molecule has 0 aliphatic heterocycles. The zero-order chi connectivity index (χ0) is 10.7. The zero-order valence-corrected chi connectivity index (χ0v) is 10.4. The van der Waals surface area contributed by atoms with Crippen molar-refractivity contribution in [1.82, 2.24) is 9.55 Å². The quantitative estimate of drug-likeness (QED) is 0.881. The summed E-state index contributed by atoms with van der Waals surface area (Å²) in [6, 6.07) is 8.47. The molecule has 0 aliphatic carbocycles. The number of hydrogen-bond donors (Lipinski definition) is 1. The van der Waals surface area contributed by atoms with Crippen LogP contribution in [0.4, 0.5) is 0 Å². The Hall–Kier alpha value is -0.880. The number of halogens is 1. The van der Waals surface area contributed by atoms with Crippen LogP contribution in [0.25, 0.3) is 0 Å². The van der Waals surface area contributed by atoms with Crippen molar-refractivity contribution in [3.05, 3.63) is 51.6 Å². The number of hydrogen-bond acceptors (Lipinski definition) is 2. The predicted molar refractivity (Wildman–Crippen MR) is 68.4 cm³/mol. The Morgan fingerprint density at radius 2 is 2.00 bits per heavy atom. The monoisotopic (exact) mass is 313 g/mol. The first kappa shape index (κ1) is 10.6. The van der Waals surface area contributed by atoms with E-state index in [0.717, 1.165) is 12.2 Å². The van der Waals surface area contributed by atoms with Crippen molar-refractivity contribution in [3.63, 3.8) is 0 Å². The van der Waals surface area contributed by atoms with E-state index >= 15 is 0 Å². The van der Waals surface area contributed by atoms with Crippen LogP contribution >= 0.6 is 22.6 Å². The minimum Gasteiger partial charge on any atom is -0.333 e. The summed E-state index contributed by atoms with van der Waals surface area (Å²) in [5.74, 6) is 0. The highest BCUT2D eigenvalue weighted by Crippen LogP contribution is 2.08. The van der Waals surface area contributed by atoms with Gasteiger partial charge in [-0.15, -0.1) is 0 Å². The van der Waals surface area contributed by atoms with Gasteiger partial charge in [0, 0.05) is 22.9 Å². The van der Waals surface area contributed by atoms with Gasteiger partial charge in [0.2, 0.25) is 0 Å². The van der Waals surface area contributed by atoms with Gasteiger partial charge in [-0.05, 0) is 40.3 Å². The summed E-state index contributed by atoms with van der Waals surface area (Å²) >= 11 is 2.30. The van der Waals surface area contributed by atoms with E-state index < -0.39 is 0 Å². The number of nitrogens with two attached hydrogens (primary N) is 1. The van der Waals surface area contributed by atoms with Crippen LogP contribution in [-0.2, 0) is 13.1 Å². The van der Waals surface area contributed by atoms with E-state index in [1.807, 2.05) is 17.1 Å². The van der Waals surface area contributed by atoms with Crippen molar-refractivity contribution < 1.29 is 0 Å². The van der Waals surface area contributed by atoms with Gasteiger partial charge in [-0.2, -0.15) is 0 Å². The fourth-order valence-electron chi connectivity index (χ4n) is 1.40. The Bertz CT molecular complexity index is 433. The molecule has 0 radical (unpaired) electrons. The third kappa shape index (κ3) is 2.79. The van der Waals surface area contributed by atoms with Gasteiger partial charge < -0.3 is 10.3 Å². The maximum atomic E-state index is 5.50. The largest absolute Gasteiger partial charge is 0.333 e. The summed E-state index contributed by atoms with van der Waals surface area (Å²) in [6.07, 6.45) is 3.80. The van der Waals surface area contributed by atoms with Gasteiger partial charge in [0.25, 0.3) is 0 Å². The summed E-state index contributed by atoms with van der Waals surface area (Å²) in [4.78, 5) is 4.18. The molecule has 0 aliphatic rings. The molecule has 3 nitrogen and oxygen atoms in total. The second-order valence-electron chi connectivity index (χ2n) is 3.37. The topological polar surface area (TPSA) is 43.8 Å². The second kappa shape index (κ2) is 4.76. The van der Waals surface area contributed by atoms with Crippen LogP contribution in [0.15, 0.2) is 36.8 Å². The maximum absolute atomic E-state index is 5.50. The lowest BCUT2D eigenvalue weighted by molar-refractivity contribution is 0.796. The van der Waals surface area contributed by atoms with Crippen molar-refractivity contribution >= 4 is 22.6 Å². The van der Waals surface area contributed by atoms with Crippen molar-refractivity contribution in [1.29, 1.82) is 0 Å². The highest BCUT2D eigenvalue weighted by Gasteiger charge is 1.97. The molecule has 0 saturated heterocycles. The normalized spacial score (nSPS) is 10.5. The molecule has 2 N–H and O–H groups in total. The minimum absolute atomic E-state index is 0.500. The molecule has 0 spiro atoms. The molecule has 1 aromatic carbocycles. The first-order valence-corrected chi connectivity index (χ1v) is 5.81. The lowest BCUT2D eigenvalue weighted by Gasteiger charge is -2.02. The molecular formula is C11H12IN3. The Kier molecular flexibility index (Phi) is 3.37. The van der Waals surface area contributed by atoms with Crippen LogP contribution in [0.2, 0.25) is 0 Å². The molecule has 15 heavy (non-hydrogen) atoms. The van der Waals surface area contributed by atoms with Crippen molar-refractivity contribution in [2.75, 3.05) is 0 Å². The maximum Gasteiger partial charge on any atom is 0.0953 e. The van der Waals surface area contributed by atoms with Crippen molar-refractivity contribution in [2.45, 2.75) is 13.1 Å². The van der Waals surface area contributed by atoms with Gasteiger partial charge in [-0.3, -0.25) is 0 Å². The van der Waals surface area contributed by atoms with Gasteiger partial charge in [0.05, 0.1) is 12.0 Å². The number of rotatable bonds is 3. The molecule has 0 atom stereocenters. The van der Waals surface area contributed by atoms with E-state index in [-0.39, 0.29) is 0 Å². The second-order valence-corrected chi connectivity index (χ2v) is 4.61. The van der Waals surface area contributed by atoms with Crippen LogP contribution in [0.1, 0.15) is 11.3 Å². The smallest absolute Gasteiger partial charge is 0.0953 e. The Morgan fingerprint density at radius 3 is 2.60 bits per heavy atom. The predicted octanol–water partition coefficient (Wildman–Crippen LogP) is 1.99. The first-order chi connectivity index (χ1) is 7.28. The molecule has 2 aromatic rings. The van der Waals surface area contributed by atoms with E-state index in [1.54, 1.807) is 0 Å². The molecule has 0 fully saturated rings. The fraction of sp³-hybridized carbons (Fsp3) is 0.182. The molecule has 2 rings (SSSR count). The van der Waals surface area contributed by atoms with Crippen LogP contribution in [-0.4, -0.2) is 9.55 Å². The van der Waals surface area contributed by atoms with Gasteiger partial charge in [0.1, 0.15) is 0 Å². The third-order valence-electron chi connectivity index (χ3n) is 2.17. The lowest BCUT2D eigenvalue weighted by atomic mass is 10.2. The third-order valence-corrected chi connectivity index (χ3v) is 2.89. The van der Waals surface area contributed by atoms with Crippen LogP contribution in [0, 0.1) is 3.57 Å². The summed E-state index contributed by atoms with van der Waals surface area (Å²) < 4.78 is 3.30. The summed E-state index contributed by atoms with van der Waals surface area (Å²) in [5, 5.41) is 0. The number of aromatic nitrogens is 2. The molecule has 0 unspecified atom stereocenters. The number of nitrogens with zero attached hydrogens (tertiary/aromatic N) is 2. The Labute approximate surface area is 102 Å². The molecule has 1 heterocycles. The summed E-state index contributed by atoms with van der Waals surface area (Å²) in [7, 11) is 0. The number of imidazole rings is 1. The number of benzene rings is 1. The Morgan fingerprint density at radius 1 is 1.27 bits per heavy atom. The van der Waals surface area contributed by atoms with Gasteiger partial charge in [-0.25, -0.2) is 4.98 Å². The summed E-state index contributed by atoms with van der Waals surface area (Å²) in [6.45, 7) is 1.35. The standard InChI is InChI=1S/C11H12IN3/c12-10-3-1-9(2-4-10)6-15-7-11(5-13)14-8-15/h1-4,7-8H,5-6,13H2. The highest BCUT2D eigenvalue weighted by molar-refractivity contribution is 14.1. The lowest BCUT2D eigenvalue weighted by Crippen LogP contribution is -1.98. The van der Waals surface area contributed by atoms with Crippen LogP contribution in [0.3, 0.4) is 0 Å². The molecular weight excluding hydrogens is 301 g/mol.